The summed E-state index contributed by atoms with van der Waals surface area (Å²) in [5.74, 6) is -0.329. The third-order valence-electron chi connectivity index (χ3n) is 4.09. The Labute approximate surface area is 137 Å². The molecular formula is C18H26N2O3. The lowest BCUT2D eigenvalue weighted by molar-refractivity contribution is -0.137. The van der Waals surface area contributed by atoms with Crippen LogP contribution in [0.15, 0.2) is 24.3 Å². The van der Waals surface area contributed by atoms with Crippen molar-refractivity contribution in [2.75, 3.05) is 6.54 Å². The molecule has 2 rings (SSSR count). The summed E-state index contributed by atoms with van der Waals surface area (Å²) in [5, 5.41) is 11.5. The van der Waals surface area contributed by atoms with Gasteiger partial charge in [-0.05, 0) is 36.3 Å². The molecule has 126 valence electrons. The van der Waals surface area contributed by atoms with E-state index in [1.807, 2.05) is 4.90 Å². The molecule has 23 heavy (non-hydrogen) atoms. The Hall–Kier alpha value is -2.04. The summed E-state index contributed by atoms with van der Waals surface area (Å²) in [5.41, 5.74) is 2.42. The third-order valence-corrected chi connectivity index (χ3v) is 4.09. The van der Waals surface area contributed by atoms with E-state index in [4.69, 9.17) is 5.11 Å². The first-order valence-electron chi connectivity index (χ1n) is 8.32. The molecule has 0 heterocycles. The van der Waals surface area contributed by atoms with Gasteiger partial charge in [0.15, 0.2) is 0 Å². The molecule has 0 bridgehead atoms. The Morgan fingerprint density at radius 1 is 1.26 bits per heavy atom. The fraction of sp³-hybridized carbons (Fsp3) is 0.556. The summed E-state index contributed by atoms with van der Waals surface area (Å²) in [7, 11) is 0. The smallest absolute Gasteiger partial charge is 0.317 e. The third kappa shape index (κ3) is 5.58. The minimum atomic E-state index is -0.830. The number of carbonyl (C=O) groups excluding carboxylic acids is 1. The molecule has 1 saturated carbocycles. The van der Waals surface area contributed by atoms with Crippen LogP contribution in [0.25, 0.3) is 0 Å². The molecule has 0 atom stereocenters. The maximum Gasteiger partial charge on any atom is 0.317 e. The molecular weight excluding hydrogens is 292 g/mol. The van der Waals surface area contributed by atoms with Gasteiger partial charge in [0.05, 0.1) is 0 Å². The summed E-state index contributed by atoms with van der Waals surface area (Å²) in [6, 6.07) is 8.64. The lowest BCUT2D eigenvalue weighted by atomic mass is 10.0. The van der Waals surface area contributed by atoms with Crippen LogP contribution in [-0.2, 0) is 11.3 Å². The number of hydrogen-bond acceptors (Lipinski definition) is 2. The predicted molar refractivity (Wildman–Crippen MR) is 89.4 cm³/mol. The highest BCUT2D eigenvalue weighted by Crippen LogP contribution is 2.28. The van der Waals surface area contributed by atoms with Gasteiger partial charge in [-0.1, -0.05) is 38.1 Å². The van der Waals surface area contributed by atoms with Crippen LogP contribution in [-0.4, -0.2) is 34.6 Å². The van der Waals surface area contributed by atoms with E-state index < -0.39 is 5.97 Å². The van der Waals surface area contributed by atoms with Crippen LogP contribution < -0.4 is 5.32 Å². The number of nitrogens with one attached hydrogen (secondary N) is 1. The van der Waals surface area contributed by atoms with Crippen LogP contribution in [0, 0.1) is 0 Å². The standard InChI is InChI=1S/C18H26N2O3/c1-13(2)15-7-5-14(6-8-15)12-20(16-9-10-16)18(23)19-11-3-4-17(21)22/h5-8,13,16H,3-4,9-12H2,1-2H3,(H,19,23)(H,21,22). The lowest BCUT2D eigenvalue weighted by Gasteiger charge is -2.23. The van der Waals surface area contributed by atoms with Gasteiger partial charge < -0.3 is 15.3 Å². The predicted octanol–water partition coefficient (Wildman–Crippen LogP) is 3.35. The molecule has 2 N–H and O–H groups in total. The fourth-order valence-electron chi connectivity index (χ4n) is 2.49. The number of benzene rings is 1. The molecule has 1 aromatic carbocycles. The SMILES string of the molecule is CC(C)c1ccc(CN(C(=O)NCCCC(=O)O)C2CC2)cc1. The highest BCUT2D eigenvalue weighted by Gasteiger charge is 2.32. The maximum atomic E-state index is 12.3. The average Bonchev–Trinajstić information content (AvgIpc) is 3.34. The number of carbonyl (C=O) groups is 2. The van der Waals surface area contributed by atoms with Gasteiger partial charge in [-0.3, -0.25) is 4.79 Å². The fourth-order valence-corrected chi connectivity index (χ4v) is 2.49. The number of urea groups is 1. The van der Waals surface area contributed by atoms with Gasteiger partial charge in [0, 0.05) is 25.6 Å². The van der Waals surface area contributed by atoms with Crippen LogP contribution >= 0.6 is 0 Å². The highest BCUT2D eigenvalue weighted by atomic mass is 16.4. The Morgan fingerprint density at radius 3 is 2.43 bits per heavy atom. The number of amides is 2. The monoisotopic (exact) mass is 318 g/mol. The quantitative estimate of drug-likeness (QED) is 0.722. The number of carboxylic acid groups (broad SMARTS) is 1. The van der Waals surface area contributed by atoms with Crippen LogP contribution in [0.4, 0.5) is 4.79 Å². The van der Waals surface area contributed by atoms with Crippen molar-refractivity contribution in [3.05, 3.63) is 35.4 Å². The number of hydrogen-bond donors (Lipinski definition) is 2. The largest absolute Gasteiger partial charge is 0.481 e. The first-order valence-corrected chi connectivity index (χ1v) is 8.32. The second-order valence-corrected chi connectivity index (χ2v) is 6.48. The van der Waals surface area contributed by atoms with E-state index >= 15 is 0 Å². The molecule has 0 saturated heterocycles. The van der Waals surface area contributed by atoms with E-state index in [0.29, 0.717) is 31.5 Å². The first kappa shape index (κ1) is 17.3. The highest BCUT2D eigenvalue weighted by molar-refractivity contribution is 5.75. The number of nitrogens with zero attached hydrogens (tertiary/aromatic N) is 1. The second kappa shape index (κ2) is 7.99. The zero-order chi connectivity index (χ0) is 16.8. The summed E-state index contributed by atoms with van der Waals surface area (Å²) in [4.78, 5) is 24.7. The summed E-state index contributed by atoms with van der Waals surface area (Å²) in [6.07, 6.45) is 2.64. The lowest BCUT2D eigenvalue weighted by Crippen LogP contribution is -2.41. The van der Waals surface area contributed by atoms with Gasteiger partial charge in [0.2, 0.25) is 0 Å². The molecule has 0 spiro atoms. The van der Waals surface area contributed by atoms with Gasteiger partial charge in [-0.2, -0.15) is 0 Å². The molecule has 2 amide bonds. The molecule has 0 aliphatic heterocycles. The van der Waals surface area contributed by atoms with E-state index in [1.54, 1.807) is 0 Å². The minimum Gasteiger partial charge on any atom is -0.481 e. The van der Waals surface area contributed by atoms with Gasteiger partial charge in [0.25, 0.3) is 0 Å². The second-order valence-electron chi connectivity index (χ2n) is 6.48. The maximum absolute atomic E-state index is 12.3. The molecule has 5 nitrogen and oxygen atoms in total. The van der Waals surface area contributed by atoms with E-state index in [1.165, 1.54) is 5.56 Å². The van der Waals surface area contributed by atoms with E-state index in [-0.39, 0.29) is 12.5 Å². The molecule has 0 aromatic heterocycles. The average molecular weight is 318 g/mol. The molecule has 1 fully saturated rings. The number of rotatable bonds is 8. The summed E-state index contributed by atoms with van der Waals surface area (Å²) >= 11 is 0. The molecule has 5 heteroatoms. The van der Waals surface area contributed by atoms with Gasteiger partial charge in [-0.25, -0.2) is 4.79 Å². The normalized spacial score (nSPS) is 13.9. The number of aliphatic carboxylic acids is 1. The molecule has 0 unspecified atom stereocenters. The van der Waals surface area contributed by atoms with Crippen molar-refractivity contribution in [1.82, 2.24) is 10.2 Å². The van der Waals surface area contributed by atoms with E-state index in [0.717, 1.165) is 18.4 Å². The minimum absolute atomic E-state index is 0.0837. The van der Waals surface area contributed by atoms with Crippen molar-refractivity contribution >= 4 is 12.0 Å². The van der Waals surface area contributed by atoms with E-state index in [2.05, 4.69) is 43.4 Å². The van der Waals surface area contributed by atoms with Gasteiger partial charge in [-0.15, -0.1) is 0 Å². The molecule has 1 aromatic rings. The summed E-state index contributed by atoms with van der Waals surface area (Å²) in [6.45, 7) is 5.33. The molecule has 1 aliphatic rings. The molecule has 0 radical (unpaired) electrons. The van der Waals surface area contributed by atoms with Crippen molar-refractivity contribution in [1.29, 1.82) is 0 Å². The van der Waals surface area contributed by atoms with Crippen molar-refractivity contribution in [2.24, 2.45) is 0 Å². The van der Waals surface area contributed by atoms with Crippen LogP contribution in [0.5, 0.6) is 0 Å². The Morgan fingerprint density at radius 2 is 1.91 bits per heavy atom. The van der Waals surface area contributed by atoms with Crippen LogP contribution in [0.1, 0.15) is 56.6 Å². The Kier molecular flexibility index (Phi) is 6.02. The van der Waals surface area contributed by atoms with Crippen LogP contribution in [0.3, 0.4) is 0 Å². The zero-order valence-electron chi connectivity index (χ0n) is 13.9. The van der Waals surface area contributed by atoms with Crippen molar-refractivity contribution in [3.63, 3.8) is 0 Å². The topological polar surface area (TPSA) is 69.6 Å². The summed E-state index contributed by atoms with van der Waals surface area (Å²) < 4.78 is 0. The zero-order valence-corrected chi connectivity index (χ0v) is 13.9. The van der Waals surface area contributed by atoms with E-state index in [9.17, 15) is 9.59 Å². The van der Waals surface area contributed by atoms with Crippen molar-refractivity contribution in [3.8, 4) is 0 Å². The molecule has 1 aliphatic carbocycles. The van der Waals surface area contributed by atoms with Crippen molar-refractivity contribution in [2.45, 2.75) is 58.0 Å². The Bertz CT molecular complexity index is 536. The number of carboxylic acids is 1. The van der Waals surface area contributed by atoms with Crippen molar-refractivity contribution < 1.29 is 14.7 Å². The van der Waals surface area contributed by atoms with Crippen LogP contribution in [0.2, 0.25) is 0 Å². The van der Waals surface area contributed by atoms with Gasteiger partial charge >= 0.3 is 12.0 Å². The Balaban J connectivity index is 1.88. The van der Waals surface area contributed by atoms with Gasteiger partial charge in [0.1, 0.15) is 0 Å². The first-order chi connectivity index (χ1) is 11.0.